The molecule has 0 aromatic heterocycles. The highest BCUT2D eigenvalue weighted by Crippen LogP contribution is 1.95. The van der Waals surface area contributed by atoms with Crippen LogP contribution in [0.25, 0.3) is 0 Å². The molecule has 0 saturated carbocycles. The number of rotatable bonds is 6. The molecule has 5 heteroatoms. The van der Waals surface area contributed by atoms with Crippen molar-refractivity contribution in [2.45, 2.75) is 20.3 Å². The predicted octanol–water partition coefficient (Wildman–Crippen LogP) is -0.0894. The molecule has 0 aromatic rings. The third kappa shape index (κ3) is 9.87. The van der Waals surface area contributed by atoms with Crippen molar-refractivity contribution in [1.82, 2.24) is 5.32 Å². The van der Waals surface area contributed by atoms with E-state index in [1.807, 2.05) is 0 Å². The minimum absolute atomic E-state index is 0.0189. The lowest BCUT2D eigenvalue weighted by atomic mass is 10.1. The minimum Gasteiger partial charge on any atom is -0.316 e. The van der Waals surface area contributed by atoms with Gasteiger partial charge in [0.1, 0.15) is 0 Å². The van der Waals surface area contributed by atoms with E-state index in [0.717, 1.165) is 13.0 Å². The molecule has 12 heavy (non-hydrogen) atoms. The van der Waals surface area contributed by atoms with Crippen LogP contribution in [0.1, 0.15) is 20.3 Å². The first-order valence-electron chi connectivity index (χ1n) is 4.13. The van der Waals surface area contributed by atoms with Crippen molar-refractivity contribution >= 4 is 10.0 Å². The van der Waals surface area contributed by atoms with Crippen LogP contribution in [0.2, 0.25) is 0 Å². The average Bonchev–Trinajstić information content (AvgIpc) is 1.83. The Labute approximate surface area is 74.6 Å². The number of primary sulfonamides is 1. The highest BCUT2D eigenvalue weighted by molar-refractivity contribution is 7.89. The molecule has 0 aromatic carbocycles. The van der Waals surface area contributed by atoms with Gasteiger partial charge in [0.05, 0.1) is 5.75 Å². The Kier molecular flexibility index (Phi) is 5.44. The van der Waals surface area contributed by atoms with E-state index < -0.39 is 10.0 Å². The fraction of sp³-hybridized carbons (Fsp3) is 1.00. The first-order chi connectivity index (χ1) is 5.42. The van der Waals surface area contributed by atoms with Gasteiger partial charge in [0.25, 0.3) is 0 Å². The van der Waals surface area contributed by atoms with Crippen LogP contribution in [0, 0.1) is 5.92 Å². The summed E-state index contributed by atoms with van der Waals surface area (Å²) in [4.78, 5) is 0. The summed E-state index contributed by atoms with van der Waals surface area (Å²) in [6.07, 6.45) is 1.06. The molecule has 0 heterocycles. The van der Waals surface area contributed by atoms with Crippen molar-refractivity contribution < 1.29 is 8.42 Å². The van der Waals surface area contributed by atoms with E-state index in [0.29, 0.717) is 12.5 Å². The molecular formula is C7H18N2O2S. The molecule has 4 nitrogen and oxygen atoms in total. The van der Waals surface area contributed by atoms with Gasteiger partial charge >= 0.3 is 0 Å². The highest BCUT2D eigenvalue weighted by Gasteiger charge is 2.00. The number of nitrogens with two attached hydrogens (primary N) is 1. The SMILES string of the molecule is CC(C)CCNCCS(N)(=O)=O. The monoisotopic (exact) mass is 194 g/mol. The van der Waals surface area contributed by atoms with Crippen LogP contribution in [-0.4, -0.2) is 27.3 Å². The van der Waals surface area contributed by atoms with Crippen LogP contribution in [0.3, 0.4) is 0 Å². The quantitative estimate of drug-likeness (QED) is 0.580. The summed E-state index contributed by atoms with van der Waals surface area (Å²) in [5.74, 6) is 0.664. The molecule has 0 unspecified atom stereocenters. The summed E-state index contributed by atoms with van der Waals surface area (Å²) in [6, 6.07) is 0. The highest BCUT2D eigenvalue weighted by atomic mass is 32.2. The van der Waals surface area contributed by atoms with Gasteiger partial charge in [-0.25, -0.2) is 13.6 Å². The van der Waals surface area contributed by atoms with Crippen LogP contribution in [0.4, 0.5) is 0 Å². The molecule has 0 radical (unpaired) electrons. The lowest BCUT2D eigenvalue weighted by molar-refractivity contribution is 0.543. The van der Waals surface area contributed by atoms with Gasteiger partial charge < -0.3 is 5.32 Å². The summed E-state index contributed by atoms with van der Waals surface area (Å²) < 4.78 is 20.9. The zero-order chi connectivity index (χ0) is 9.61. The predicted molar refractivity (Wildman–Crippen MR) is 50.3 cm³/mol. The number of hydrogen-bond acceptors (Lipinski definition) is 3. The molecule has 0 fully saturated rings. The first-order valence-corrected chi connectivity index (χ1v) is 5.84. The van der Waals surface area contributed by atoms with Crippen molar-refractivity contribution in [2.24, 2.45) is 11.1 Å². The minimum atomic E-state index is -3.29. The molecule has 3 N–H and O–H groups in total. The van der Waals surface area contributed by atoms with E-state index in [4.69, 9.17) is 5.14 Å². The van der Waals surface area contributed by atoms with E-state index in [1.54, 1.807) is 0 Å². The van der Waals surface area contributed by atoms with E-state index in [-0.39, 0.29) is 5.75 Å². The fourth-order valence-electron chi connectivity index (χ4n) is 0.730. The van der Waals surface area contributed by atoms with Gasteiger partial charge in [-0.1, -0.05) is 13.8 Å². The number of sulfonamides is 1. The van der Waals surface area contributed by atoms with Crippen LogP contribution in [0.5, 0.6) is 0 Å². The van der Waals surface area contributed by atoms with Crippen molar-refractivity contribution in [3.8, 4) is 0 Å². The number of nitrogens with one attached hydrogen (secondary N) is 1. The van der Waals surface area contributed by atoms with E-state index >= 15 is 0 Å². The van der Waals surface area contributed by atoms with Crippen molar-refractivity contribution in [3.63, 3.8) is 0 Å². The fourth-order valence-corrected chi connectivity index (χ4v) is 1.16. The molecule has 0 saturated heterocycles. The molecule has 74 valence electrons. The second kappa shape index (κ2) is 5.50. The molecule has 0 aliphatic heterocycles. The largest absolute Gasteiger partial charge is 0.316 e. The Morgan fingerprint density at radius 3 is 2.33 bits per heavy atom. The van der Waals surface area contributed by atoms with Crippen molar-refractivity contribution in [3.05, 3.63) is 0 Å². The second-order valence-electron chi connectivity index (χ2n) is 3.30. The van der Waals surface area contributed by atoms with Crippen molar-refractivity contribution in [2.75, 3.05) is 18.8 Å². The Hall–Kier alpha value is -0.130. The van der Waals surface area contributed by atoms with Crippen molar-refractivity contribution in [1.29, 1.82) is 0 Å². The standard InChI is InChI=1S/C7H18N2O2S/c1-7(2)3-4-9-5-6-12(8,10)11/h7,9H,3-6H2,1-2H3,(H2,8,10,11). The molecule has 0 bridgehead atoms. The number of hydrogen-bond donors (Lipinski definition) is 2. The third-order valence-corrected chi connectivity index (χ3v) is 2.23. The maximum absolute atomic E-state index is 10.5. The normalized spacial score (nSPS) is 12.3. The van der Waals surface area contributed by atoms with Gasteiger partial charge in [0.2, 0.25) is 10.0 Å². The smallest absolute Gasteiger partial charge is 0.210 e. The molecular weight excluding hydrogens is 176 g/mol. The third-order valence-electron chi connectivity index (χ3n) is 1.46. The zero-order valence-corrected chi connectivity index (χ0v) is 8.52. The lowest BCUT2D eigenvalue weighted by Crippen LogP contribution is -2.28. The zero-order valence-electron chi connectivity index (χ0n) is 7.71. The maximum Gasteiger partial charge on any atom is 0.210 e. The van der Waals surface area contributed by atoms with E-state index in [2.05, 4.69) is 19.2 Å². The summed E-state index contributed by atoms with van der Waals surface area (Å²) in [7, 11) is -3.29. The van der Waals surface area contributed by atoms with Gasteiger partial charge in [-0.2, -0.15) is 0 Å². The Balaban J connectivity index is 3.23. The van der Waals surface area contributed by atoms with Crippen LogP contribution < -0.4 is 10.5 Å². The van der Waals surface area contributed by atoms with Crippen LogP contribution in [-0.2, 0) is 10.0 Å². The lowest BCUT2D eigenvalue weighted by Gasteiger charge is -2.05. The van der Waals surface area contributed by atoms with Gasteiger partial charge in [0, 0.05) is 6.54 Å². The molecule has 0 spiro atoms. The maximum atomic E-state index is 10.5. The first kappa shape index (κ1) is 11.9. The average molecular weight is 194 g/mol. The second-order valence-corrected chi connectivity index (χ2v) is 5.03. The Morgan fingerprint density at radius 1 is 1.33 bits per heavy atom. The van der Waals surface area contributed by atoms with Gasteiger partial charge in [0.15, 0.2) is 0 Å². The van der Waals surface area contributed by atoms with Crippen LogP contribution in [0.15, 0.2) is 0 Å². The van der Waals surface area contributed by atoms with E-state index in [1.165, 1.54) is 0 Å². The van der Waals surface area contributed by atoms with Gasteiger partial charge in [-0.3, -0.25) is 0 Å². The van der Waals surface area contributed by atoms with Gasteiger partial charge in [-0.05, 0) is 18.9 Å². The van der Waals surface area contributed by atoms with E-state index in [9.17, 15) is 8.42 Å². The molecule has 0 atom stereocenters. The summed E-state index contributed by atoms with van der Waals surface area (Å²) >= 11 is 0. The molecule has 0 aliphatic carbocycles. The van der Waals surface area contributed by atoms with Crippen LogP contribution >= 0.6 is 0 Å². The molecule has 0 amide bonds. The summed E-state index contributed by atoms with van der Waals surface area (Å²) in [6.45, 7) is 5.56. The Morgan fingerprint density at radius 2 is 1.92 bits per heavy atom. The topological polar surface area (TPSA) is 72.2 Å². The molecule has 0 aliphatic rings. The van der Waals surface area contributed by atoms with Gasteiger partial charge in [-0.15, -0.1) is 0 Å². The summed E-state index contributed by atoms with van der Waals surface area (Å²) in [5.41, 5.74) is 0. The molecule has 0 rings (SSSR count). The summed E-state index contributed by atoms with van der Waals surface area (Å²) in [5, 5.41) is 7.82. The Bertz CT molecular complexity index is 199.